The Morgan fingerprint density at radius 3 is 2.58 bits per heavy atom. The van der Waals surface area contributed by atoms with Crippen molar-refractivity contribution in [2.75, 3.05) is 6.54 Å². The molecule has 1 N–H and O–H groups in total. The van der Waals surface area contributed by atoms with Gasteiger partial charge in [0.25, 0.3) is 0 Å². The third kappa shape index (κ3) is 5.09. The molecule has 1 aliphatic heterocycles. The minimum absolute atomic E-state index is 0.362. The number of hydrogen-bond acceptors (Lipinski definition) is 3. The Bertz CT molecular complexity index is 1060. The Kier molecular flexibility index (Phi) is 6.58. The lowest BCUT2D eigenvalue weighted by Crippen LogP contribution is -2.43. The fourth-order valence-corrected chi connectivity index (χ4v) is 4.25. The van der Waals surface area contributed by atoms with Gasteiger partial charge in [-0.2, -0.15) is 0 Å². The first-order chi connectivity index (χ1) is 15.1. The van der Waals surface area contributed by atoms with Crippen molar-refractivity contribution in [2.45, 2.75) is 38.8 Å². The fraction of sp³-hybridized carbons (Fsp3) is 0.259. The molecule has 0 aliphatic carbocycles. The van der Waals surface area contributed by atoms with E-state index in [0.717, 1.165) is 48.2 Å². The second-order valence-corrected chi connectivity index (χ2v) is 8.13. The fourth-order valence-electron chi connectivity index (χ4n) is 4.25. The van der Waals surface area contributed by atoms with Crippen LogP contribution < -0.4 is 0 Å². The highest BCUT2D eigenvalue weighted by Crippen LogP contribution is 2.25. The van der Waals surface area contributed by atoms with Crippen molar-refractivity contribution in [2.24, 2.45) is 0 Å². The molecule has 0 bridgehead atoms. The van der Waals surface area contributed by atoms with E-state index in [4.69, 9.17) is 0 Å². The van der Waals surface area contributed by atoms with Crippen molar-refractivity contribution in [1.29, 1.82) is 0 Å². The Hall–Kier alpha value is -3.24. The SMILES string of the molecule is Cc1c(-c2ccccc2)ccnc1/C=C/c1ccc(CN2CCCC[C@H]2C(=O)O)cc1. The molecule has 1 atom stereocenters. The van der Waals surface area contributed by atoms with Crippen LogP contribution in [-0.2, 0) is 11.3 Å². The van der Waals surface area contributed by atoms with Gasteiger partial charge in [-0.1, -0.05) is 67.1 Å². The molecule has 4 heteroatoms. The zero-order valence-electron chi connectivity index (χ0n) is 17.9. The first kappa shape index (κ1) is 21.0. The van der Waals surface area contributed by atoms with E-state index in [0.29, 0.717) is 6.54 Å². The zero-order valence-corrected chi connectivity index (χ0v) is 17.9. The summed E-state index contributed by atoms with van der Waals surface area (Å²) >= 11 is 0. The summed E-state index contributed by atoms with van der Waals surface area (Å²) in [5.74, 6) is -0.708. The molecule has 2 heterocycles. The number of carboxylic acids is 1. The molecule has 0 amide bonds. The molecular weight excluding hydrogens is 384 g/mol. The molecule has 0 unspecified atom stereocenters. The van der Waals surface area contributed by atoms with Gasteiger partial charge in [0, 0.05) is 12.7 Å². The number of rotatable bonds is 6. The molecule has 3 aromatic rings. The quantitative estimate of drug-likeness (QED) is 0.567. The highest BCUT2D eigenvalue weighted by atomic mass is 16.4. The minimum atomic E-state index is -0.708. The number of benzene rings is 2. The van der Waals surface area contributed by atoms with Gasteiger partial charge < -0.3 is 5.11 Å². The number of aliphatic carboxylic acids is 1. The van der Waals surface area contributed by atoms with E-state index in [9.17, 15) is 9.90 Å². The lowest BCUT2D eigenvalue weighted by Gasteiger charge is -2.32. The molecule has 158 valence electrons. The van der Waals surface area contributed by atoms with Crippen LogP contribution >= 0.6 is 0 Å². The van der Waals surface area contributed by atoms with Crippen LogP contribution in [0, 0.1) is 6.92 Å². The van der Waals surface area contributed by atoms with Crippen LogP contribution in [0.5, 0.6) is 0 Å². The number of aromatic nitrogens is 1. The molecule has 4 nitrogen and oxygen atoms in total. The molecule has 0 spiro atoms. The van der Waals surface area contributed by atoms with Gasteiger partial charge in [0.2, 0.25) is 0 Å². The maximum atomic E-state index is 11.5. The van der Waals surface area contributed by atoms with E-state index in [1.807, 2.05) is 12.3 Å². The first-order valence-electron chi connectivity index (χ1n) is 10.9. The van der Waals surface area contributed by atoms with Crippen LogP contribution in [0.3, 0.4) is 0 Å². The Balaban J connectivity index is 1.46. The van der Waals surface area contributed by atoms with E-state index in [1.54, 1.807) is 0 Å². The molecule has 31 heavy (non-hydrogen) atoms. The minimum Gasteiger partial charge on any atom is -0.480 e. The number of carboxylic acid groups (broad SMARTS) is 1. The van der Waals surface area contributed by atoms with Gasteiger partial charge in [0.05, 0.1) is 5.69 Å². The van der Waals surface area contributed by atoms with E-state index in [2.05, 4.69) is 83.6 Å². The topological polar surface area (TPSA) is 53.4 Å². The maximum absolute atomic E-state index is 11.5. The summed E-state index contributed by atoms with van der Waals surface area (Å²) in [5, 5.41) is 9.47. The van der Waals surface area contributed by atoms with Crippen LogP contribution in [-0.4, -0.2) is 33.5 Å². The molecule has 1 saturated heterocycles. The van der Waals surface area contributed by atoms with Gasteiger partial charge in [-0.3, -0.25) is 14.7 Å². The van der Waals surface area contributed by atoms with Gasteiger partial charge >= 0.3 is 5.97 Å². The number of hydrogen-bond donors (Lipinski definition) is 1. The van der Waals surface area contributed by atoms with Crippen LogP contribution in [0.25, 0.3) is 23.3 Å². The van der Waals surface area contributed by atoms with Crippen molar-refractivity contribution < 1.29 is 9.90 Å². The number of pyridine rings is 1. The van der Waals surface area contributed by atoms with Crippen molar-refractivity contribution in [3.05, 3.63) is 89.2 Å². The van der Waals surface area contributed by atoms with Crippen LogP contribution in [0.4, 0.5) is 0 Å². The Labute approximate surface area is 183 Å². The highest BCUT2D eigenvalue weighted by molar-refractivity contribution is 5.75. The third-order valence-corrected chi connectivity index (χ3v) is 6.03. The lowest BCUT2D eigenvalue weighted by molar-refractivity contribution is -0.144. The van der Waals surface area contributed by atoms with Crippen LogP contribution in [0.1, 0.15) is 41.6 Å². The summed E-state index contributed by atoms with van der Waals surface area (Å²) in [5.41, 5.74) is 6.75. The lowest BCUT2D eigenvalue weighted by atomic mass is 9.99. The normalized spacial score (nSPS) is 17.1. The molecule has 1 fully saturated rings. The molecule has 1 aliphatic rings. The standard InChI is InChI=1S/C27H28N2O2/c1-20-24(23-7-3-2-4-8-23)16-17-28-25(20)15-14-21-10-12-22(13-11-21)19-29-18-6-5-9-26(29)27(30)31/h2-4,7-8,10-17,26H,5-6,9,18-19H2,1H3,(H,30,31)/b15-14+/t26-/m0/s1. The smallest absolute Gasteiger partial charge is 0.320 e. The van der Waals surface area contributed by atoms with Gasteiger partial charge in [-0.05, 0) is 66.3 Å². The number of carbonyl (C=O) groups is 1. The van der Waals surface area contributed by atoms with Gasteiger partial charge in [-0.15, -0.1) is 0 Å². The number of likely N-dealkylation sites (tertiary alicyclic amines) is 1. The van der Waals surface area contributed by atoms with Gasteiger partial charge in [0.1, 0.15) is 6.04 Å². The predicted molar refractivity (Wildman–Crippen MR) is 125 cm³/mol. The summed E-state index contributed by atoms with van der Waals surface area (Å²) in [6, 6.07) is 20.4. The van der Waals surface area contributed by atoms with Crippen molar-refractivity contribution in [3.8, 4) is 11.1 Å². The second-order valence-electron chi connectivity index (χ2n) is 8.13. The molecule has 1 aromatic heterocycles. The second kappa shape index (κ2) is 9.71. The van der Waals surface area contributed by atoms with E-state index < -0.39 is 5.97 Å². The highest BCUT2D eigenvalue weighted by Gasteiger charge is 2.28. The van der Waals surface area contributed by atoms with Crippen LogP contribution in [0.15, 0.2) is 66.9 Å². The van der Waals surface area contributed by atoms with Crippen molar-refractivity contribution in [1.82, 2.24) is 9.88 Å². The summed E-state index contributed by atoms with van der Waals surface area (Å²) in [6.45, 7) is 3.64. The van der Waals surface area contributed by atoms with Crippen molar-refractivity contribution in [3.63, 3.8) is 0 Å². The molecule has 0 saturated carbocycles. The van der Waals surface area contributed by atoms with Crippen molar-refractivity contribution >= 4 is 18.1 Å². The maximum Gasteiger partial charge on any atom is 0.320 e. The zero-order chi connectivity index (χ0) is 21.6. The van der Waals surface area contributed by atoms with E-state index in [-0.39, 0.29) is 6.04 Å². The van der Waals surface area contributed by atoms with Crippen LogP contribution in [0.2, 0.25) is 0 Å². The average molecular weight is 413 g/mol. The molecule has 0 radical (unpaired) electrons. The molecular formula is C27H28N2O2. The predicted octanol–water partition coefficient (Wildman–Crippen LogP) is 5.67. The summed E-state index contributed by atoms with van der Waals surface area (Å²) in [4.78, 5) is 18.1. The van der Waals surface area contributed by atoms with E-state index >= 15 is 0 Å². The molecule has 4 rings (SSSR count). The first-order valence-corrected chi connectivity index (χ1v) is 10.9. The molecule has 2 aromatic carbocycles. The average Bonchev–Trinajstić information content (AvgIpc) is 2.80. The monoisotopic (exact) mass is 412 g/mol. The Morgan fingerprint density at radius 1 is 1.06 bits per heavy atom. The summed E-state index contributed by atoms with van der Waals surface area (Å²) < 4.78 is 0. The van der Waals surface area contributed by atoms with Gasteiger partial charge in [-0.25, -0.2) is 0 Å². The van der Waals surface area contributed by atoms with E-state index in [1.165, 1.54) is 11.1 Å². The largest absolute Gasteiger partial charge is 0.480 e. The van der Waals surface area contributed by atoms with Gasteiger partial charge in [0.15, 0.2) is 0 Å². The summed E-state index contributed by atoms with van der Waals surface area (Å²) in [6.07, 6.45) is 8.80. The third-order valence-electron chi connectivity index (χ3n) is 6.03. The number of nitrogens with zero attached hydrogens (tertiary/aromatic N) is 2. The Morgan fingerprint density at radius 2 is 1.84 bits per heavy atom. The number of piperidine rings is 1. The summed E-state index contributed by atoms with van der Waals surface area (Å²) in [7, 11) is 0.